The van der Waals surface area contributed by atoms with Gasteiger partial charge in [0.15, 0.2) is 6.10 Å². The Morgan fingerprint density at radius 2 is 1.94 bits per heavy atom. The zero-order valence-corrected chi connectivity index (χ0v) is 19.3. The highest BCUT2D eigenvalue weighted by molar-refractivity contribution is 7.89. The summed E-state index contributed by atoms with van der Waals surface area (Å²) < 4.78 is 33.7. The minimum absolute atomic E-state index is 0.0119. The molecule has 0 radical (unpaired) electrons. The van der Waals surface area contributed by atoms with Gasteiger partial charge in [-0.2, -0.15) is 4.31 Å². The molecule has 2 aromatic carbocycles. The SMILES string of the molecule is C[C@H]1Oc2ccc(S(=O)(=O)N3CCC[C@H](C(=O)N4CCCc5ccccc54)C3)cc2NC1=O. The first-order valence-electron chi connectivity index (χ1n) is 11.4. The van der Waals surface area contributed by atoms with Crippen LogP contribution in [0.1, 0.15) is 31.7 Å². The van der Waals surface area contributed by atoms with Crippen LogP contribution in [-0.4, -0.2) is 50.3 Å². The Hall–Kier alpha value is -2.91. The average Bonchev–Trinajstić information content (AvgIpc) is 2.83. The normalized spacial score (nSPS) is 23.2. The molecule has 1 saturated heterocycles. The van der Waals surface area contributed by atoms with E-state index in [9.17, 15) is 18.0 Å². The summed E-state index contributed by atoms with van der Waals surface area (Å²) in [6.07, 6.45) is 2.50. The Labute approximate surface area is 193 Å². The standard InChI is InChI=1S/C24H27N3O5S/c1-16-23(28)25-20-14-19(10-11-22(20)32-16)33(30,31)26-12-4-8-18(15-26)24(29)27-13-5-7-17-6-2-3-9-21(17)27/h2-3,6,9-11,14,16,18H,4-5,7-8,12-13,15H2,1H3,(H,25,28)/t16-,18+/m1/s1. The number of nitrogens with one attached hydrogen (secondary N) is 1. The summed E-state index contributed by atoms with van der Waals surface area (Å²) in [5, 5.41) is 2.70. The molecule has 5 rings (SSSR count). The van der Waals surface area contributed by atoms with Crippen LogP contribution in [0.3, 0.4) is 0 Å². The van der Waals surface area contributed by atoms with Crippen molar-refractivity contribution in [2.24, 2.45) is 5.92 Å². The van der Waals surface area contributed by atoms with Crippen LogP contribution in [0.2, 0.25) is 0 Å². The molecule has 33 heavy (non-hydrogen) atoms. The number of piperidine rings is 1. The lowest BCUT2D eigenvalue weighted by Crippen LogP contribution is -2.48. The number of hydrogen-bond donors (Lipinski definition) is 1. The molecule has 0 aliphatic carbocycles. The van der Waals surface area contributed by atoms with E-state index in [0.29, 0.717) is 37.4 Å². The lowest BCUT2D eigenvalue weighted by molar-refractivity contribution is -0.124. The number of aryl methyl sites for hydroxylation is 1. The van der Waals surface area contributed by atoms with E-state index >= 15 is 0 Å². The number of rotatable bonds is 3. The van der Waals surface area contributed by atoms with Gasteiger partial charge in [0.1, 0.15) is 5.75 Å². The van der Waals surface area contributed by atoms with Crippen molar-refractivity contribution in [2.75, 3.05) is 29.9 Å². The fourth-order valence-electron chi connectivity index (χ4n) is 4.84. The van der Waals surface area contributed by atoms with Crippen LogP contribution in [0.15, 0.2) is 47.4 Å². The Morgan fingerprint density at radius 3 is 2.79 bits per heavy atom. The average molecular weight is 470 g/mol. The third-order valence-electron chi connectivity index (χ3n) is 6.63. The van der Waals surface area contributed by atoms with Gasteiger partial charge >= 0.3 is 0 Å². The number of benzene rings is 2. The van der Waals surface area contributed by atoms with Crippen LogP contribution in [0, 0.1) is 5.92 Å². The van der Waals surface area contributed by atoms with Crippen molar-refractivity contribution in [1.29, 1.82) is 0 Å². The predicted octanol–water partition coefficient (Wildman–Crippen LogP) is 2.79. The second-order valence-electron chi connectivity index (χ2n) is 8.83. The maximum Gasteiger partial charge on any atom is 0.265 e. The maximum absolute atomic E-state index is 13.4. The highest BCUT2D eigenvalue weighted by Gasteiger charge is 2.37. The number of fused-ring (bicyclic) bond motifs is 2. The molecule has 0 aromatic heterocycles. The summed E-state index contributed by atoms with van der Waals surface area (Å²) in [5.41, 5.74) is 2.44. The van der Waals surface area contributed by atoms with Gasteiger partial charge in [-0.05, 0) is 62.4 Å². The van der Waals surface area contributed by atoms with Gasteiger partial charge in [0, 0.05) is 25.3 Å². The van der Waals surface area contributed by atoms with Crippen molar-refractivity contribution in [3.05, 3.63) is 48.0 Å². The number of para-hydroxylation sites is 1. The molecule has 8 nitrogen and oxygen atoms in total. The molecule has 3 aliphatic rings. The largest absolute Gasteiger partial charge is 0.479 e. The van der Waals surface area contributed by atoms with Crippen LogP contribution in [0.5, 0.6) is 5.75 Å². The third kappa shape index (κ3) is 4.00. The molecule has 174 valence electrons. The highest BCUT2D eigenvalue weighted by Crippen LogP contribution is 2.35. The number of amides is 2. The van der Waals surface area contributed by atoms with E-state index in [4.69, 9.17) is 4.74 Å². The van der Waals surface area contributed by atoms with Gasteiger partial charge in [-0.3, -0.25) is 9.59 Å². The maximum atomic E-state index is 13.4. The van der Waals surface area contributed by atoms with Crippen LogP contribution in [0.4, 0.5) is 11.4 Å². The molecule has 0 saturated carbocycles. The Balaban J connectivity index is 1.36. The first kappa shape index (κ1) is 21.9. The molecule has 0 unspecified atom stereocenters. The number of carbonyl (C=O) groups is 2. The van der Waals surface area contributed by atoms with E-state index in [1.165, 1.54) is 16.4 Å². The summed E-state index contributed by atoms with van der Waals surface area (Å²) in [6.45, 7) is 2.80. The van der Waals surface area contributed by atoms with Crippen LogP contribution in [0.25, 0.3) is 0 Å². The van der Waals surface area contributed by atoms with E-state index < -0.39 is 16.1 Å². The van der Waals surface area contributed by atoms with Crippen LogP contribution < -0.4 is 15.0 Å². The first-order chi connectivity index (χ1) is 15.8. The molecule has 0 spiro atoms. The second-order valence-corrected chi connectivity index (χ2v) is 10.8. The highest BCUT2D eigenvalue weighted by atomic mass is 32.2. The molecule has 2 atom stereocenters. The zero-order chi connectivity index (χ0) is 23.2. The molecule has 3 aliphatic heterocycles. The van der Waals surface area contributed by atoms with Crippen molar-refractivity contribution >= 4 is 33.2 Å². The number of nitrogens with zero attached hydrogens (tertiary/aromatic N) is 2. The van der Waals surface area contributed by atoms with Gasteiger partial charge in [-0.1, -0.05) is 18.2 Å². The van der Waals surface area contributed by atoms with Gasteiger partial charge in [-0.15, -0.1) is 0 Å². The summed E-state index contributed by atoms with van der Waals surface area (Å²) in [5.74, 6) is -0.276. The fourth-order valence-corrected chi connectivity index (χ4v) is 6.39. The number of carbonyl (C=O) groups excluding carboxylic acids is 2. The minimum atomic E-state index is -3.83. The summed E-state index contributed by atoms with van der Waals surface area (Å²) >= 11 is 0. The summed E-state index contributed by atoms with van der Waals surface area (Å²) in [4.78, 5) is 27.3. The van der Waals surface area contributed by atoms with E-state index in [0.717, 1.165) is 24.1 Å². The van der Waals surface area contributed by atoms with Gasteiger partial charge in [0.25, 0.3) is 5.91 Å². The molecule has 9 heteroatoms. The van der Waals surface area contributed by atoms with Crippen molar-refractivity contribution in [1.82, 2.24) is 4.31 Å². The zero-order valence-electron chi connectivity index (χ0n) is 18.5. The monoisotopic (exact) mass is 469 g/mol. The smallest absolute Gasteiger partial charge is 0.265 e. The Kier molecular flexibility index (Phi) is 5.62. The summed E-state index contributed by atoms with van der Waals surface area (Å²) in [7, 11) is -3.83. The van der Waals surface area contributed by atoms with Gasteiger partial charge in [0.2, 0.25) is 15.9 Å². The number of ether oxygens (including phenoxy) is 1. The number of hydrogen-bond acceptors (Lipinski definition) is 5. The van der Waals surface area contributed by atoms with E-state index in [-0.39, 0.29) is 29.2 Å². The van der Waals surface area contributed by atoms with Gasteiger partial charge in [-0.25, -0.2) is 8.42 Å². The lowest BCUT2D eigenvalue weighted by Gasteiger charge is -2.36. The first-order valence-corrected chi connectivity index (χ1v) is 12.8. The molecular formula is C24H27N3O5S. The Bertz CT molecular complexity index is 1210. The molecule has 0 bridgehead atoms. The van der Waals surface area contributed by atoms with Crippen molar-refractivity contribution < 1.29 is 22.7 Å². The topological polar surface area (TPSA) is 96.0 Å². The van der Waals surface area contributed by atoms with Crippen LogP contribution in [-0.2, 0) is 26.0 Å². The number of sulfonamides is 1. The van der Waals surface area contributed by atoms with E-state index in [1.807, 2.05) is 29.2 Å². The molecule has 2 aromatic rings. The summed E-state index contributed by atoms with van der Waals surface area (Å²) in [6, 6.07) is 12.4. The van der Waals surface area contributed by atoms with Crippen LogP contribution >= 0.6 is 0 Å². The molecule has 1 N–H and O–H groups in total. The molecule has 1 fully saturated rings. The van der Waals surface area contributed by atoms with Crippen molar-refractivity contribution in [3.63, 3.8) is 0 Å². The van der Waals surface area contributed by atoms with Crippen molar-refractivity contribution in [3.8, 4) is 5.75 Å². The third-order valence-corrected chi connectivity index (χ3v) is 8.49. The quantitative estimate of drug-likeness (QED) is 0.746. The predicted molar refractivity (Wildman–Crippen MR) is 124 cm³/mol. The van der Waals surface area contributed by atoms with Crippen molar-refractivity contribution in [2.45, 2.75) is 43.6 Å². The second kappa shape index (κ2) is 8.46. The molecular weight excluding hydrogens is 442 g/mol. The van der Waals surface area contributed by atoms with Gasteiger partial charge in [0.05, 0.1) is 16.5 Å². The number of anilines is 2. The Morgan fingerprint density at radius 1 is 1.12 bits per heavy atom. The molecule has 2 amide bonds. The minimum Gasteiger partial charge on any atom is -0.479 e. The van der Waals surface area contributed by atoms with E-state index in [2.05, 4.69) is 5.32 Å². The van der Waals surface area contributed by atoms with E-state index in [1.54, 1.807) is 13.0 Å². The fraction of sp³-hybridized carbons (Fsp3) is 0.417. The lowest BCUT2D eigenvalue weighted by atomic mass is 9.95. The molecule has 3 heterocycles. The van der Waals surface area contributed by atoms with Gasteiger partial charge < -0.3 is 15.0 Å².